The first-order valence-corrected chi connectivity index (χ1v) is 7.94. The van der Waals surface area contributed by atoms with Crippen molar-refractivity contribution in [2.24, 2.45) is 0 Å². The molecule has 0 aliphatic carbocycles. The highest BCUT2D eigenvalue weighted by Gasteiger charge is 2.37. The summed E-state index contributed by atoms with van der Waals surface area (Å²) in [6.07, 6.45) is 0.398. The number of rotatable bonds is 4. The summed E-state index contributed by atoms with van der Waals surface area (Å²) in [6.45, 7) is 1.29. The summed E-state index contributed by atoms with van der Waals surface area (Å²) >= 11 is 0. The van der Waals surface area contributed by atoms with Crippen LogP contribution in [0.15, 0.2) is 46.1 Å². The molecule has 1 fully saturated rings. The van der Waals surface area contributed by atoms with Gasteiger partial charge in [-0.1, -0.05) is 18.2 Å². The van der Waals surface area contributed by atoms with E-state index < -0.39 is 29.6 Å². The Labute approximate surface area is 143 Å². The fourth-order valence-electron chi connectivity index (χ4n) is 2.86. The van der Waals surface area contributed by atoms with Gasteiger partial charge in [0.05, 0.1) is 12.6 Å². The molecule has 0 bridgehead atoms. The molecule has 1 aliphatic heterocycles. The highest BCUT2D eigenvalue weighted by atomic mass is 16.5. The van der Waals surface area contributed by atoms with Crippen molar-refractivity contribution in [3.8, 4) is 0 Å². The van der Waals surface area contributed by atoms with Crippen molar-refractivity contribution in [1.29, 1.82) is 0 Å². The van der Waals surface area contributed by atoms with Crippen molar-refractivity contribution in [3.63, 3.8) is 0 Å². The standard InChI is InChI=1S/C17H19N3O5/c1-10-8-20(17(24)19-15(10)22)14-7-12(13(9-21)25-14)18-16(23)11-5-3-2-4-6-11/h2-6,8,12-14,21H,7,9H2,1H3,(H,18,23)(H,19,22,24). The lowest BCUT2D eigenvalue weighted by molar-refractivity contribution is -0.0288. The number of aliphatic hydroxyl groups is 1. The number of amides is 1. The van der Waals surface area contributed by atoms with Gasteiger partial charge in [-0.25, -0.2) is 4.79 Å². The van der Waals surface area contributed by atoms with E-state index in [4.69, 9.17) is 4.74 Å². The summed E-state index contributed by atoms with van der Waals surface area (Å²) in [4.78, 5) is 38.0. The normalized spacial score (nSPS) is 22.7. The number of H-pyrrole nitrogens is 1. The highest BCUT2D eigenvalue weighted by Crippen LogP contribution is 2.27. The first-order valence-electron chi connectivity index (χ1n) is 7.94. The number of nitrogens with zero attached hydrogens (tertiary/aromatic N) is 1. The third kappa shape index (κ3) is 3.54. The van der Waals surface area contributed by atoms with Crippen LogP contribution < -0.4 is 16.6 Å². The molecule has 0 radical (unpaired) electrons. The first-order chi connectivity index (χ1) is 12.0. The summed E-state index contributed by atoms with van der Waals surface area (Å²) in [5, 5.41) is 12.4. The number of aromatic amines is 1. The van der Waals surface area contributed by atoms with Gasteiger partial charge in [0.1, 0.15) is 12.3 Å². The second kappa shape index (κ2) is 7.04. The molecule has 25 heavy (non-hydrogen) atoms. The average Bonchev–Trinajstić information content (AvgIpc) is 3.01. The Kier molecular flexibility index (Phi) is 4.82. The van der Waals surface area contributed by atoms with Gasteiger partial charge < -0.3 is 15.2 Å². The van der Waals surface area contributed by atoms with Gasteiger partial charge in [0.25, 0.3) is 11.5 Å². The molecule has 2 aromatic rings. The maximum Gasteiger partial charge on any atom is 0.330 e. The molecule has 8 heteroatoms. The van der Waals surface area contributed by atoms with E-state index in [0.29, 0.717) is 17.5 Å². The lowest BCUT2D eigenvalue weighted by Gasteiger charge is -2.17. The fraction of sp³-hybridized carbons (Fsp3) is 0.353. The molecule has 3 unspecified atom stereocenters. The van der Waals surface area contributed by atoms with E-state index in [0.717, 1.165) is 0 Å². The molecule has 3 rings (SSSR count). The van der Waals surface area contributed by atoms with Crippen LogP contribution in [0.3, 0.4) is 0 Å². The second-order valence-corrected chi connectivity index (χ2v) is 5.97. The number of aromatic nitrogens is 2. The Balaban J connectivity index is 1.79. The van der Waals surface area contributed by atoms with E-state index in [2.05, 4.69) is 10.3 Å². The van der Waals surface area contributed by atoms with Crippen LogP contribution in [0, 0.1) is 6.92 Å². The number of aryl methyl sites for hydroxylation is 1. The minimum Gasteiger partial charge on any atom is -0.394 e. The smallest absolute Gasteiger partial charge is 0.330 e. The molecule has 3 atom stereocenters. The van der Waals surface area contributed by atoms with Gasteiger partial charge >= 0.3 is 5.69 Å². The number of aliphatic hydroxyl groups excluding tert-OH is 1. The van der Waals surface area contributed by atoms with Gasteiger partial charge in [0, 0.05) is 23.7 Å². The molecular formula is C17H19N3O5. The Bertz CT molecular complexity index is 874. The van der Waals surface area contributed by atoms with Crippen molar-refractivity contribution in [2.75, 3.05) is 6.61 Å². The van der Waals surface area contributed by atoms with E-state index in [9.17, 15) is 19.5 Å². The number of hydrogen-bond acceptors (Lipinski definition) is 5. The Morgan fingerprint density at radius 2 is 2.08 bits per heavy atom. The summed E-state index contributed by atoms with van der Waals surface area (Å²) < 4.78 is 6.97. The van der Waals surface area contributed by atoms with Crippen LogP contribution in [0.2, 0.25) is 0 Å². The van der Waals surface area contributed by atoms with Crippen LogP contribution in [-0.4, -0.2) is 39.3 Å². The maximum absolute atomic E-state index is 12.3. The SMILES string of the molecule is Cc1cn(C2CC(NC(=O)c3ccccc3)C(CO)O2)c(=O)[nH]c1=O. The number of ether oxygens (including phenoxy) is 1. The maximum atomic E-state index is 12.3. The predicted octanol–water partition coefficient (Wildman–Crippen LogP) is -0.0766. The molecule has 2 heterocycles. The van der Waals surface area contributed by atoms with Crippen molar-refractivity contribution in [2.45, 2.75) is 31.7 Å². The monoisotopic (exact) mass is 345 g/mol. The highest BCUT2D eigenvalue weighted by molar-refractivity contribution is 5.94. The molecule has 0 saturated carbocycles. The third-order valence-electron chi connectivity index (χ3n) is 4.22. The quantitative estimate of drug-likeness (QED) is 0.717. The zero-order valence-corrected chi connectivity index (χ0v) is 13.6. The van der Waals surface area contributed by atoms with Gasteiger partial charge in [0.15, 0.2) is 0 Å². The summed E-state index contributed by atoms with van der Waals surface area (Å²) in [6, 6.07) is 8.25. The fourth-order valence-corrected chi connectivity index (χ4v) is 2.86. The molecule has 8 nitrogen and oxygen atoms in total. The molecule has 1 aliphatic rings. The summed E-state index contributed by atoms with van der Waals surface area (Å²) in [7, 11) is 0. The molecule has 1 amide bonds. The van der Waals surface area contributed by atoms with Crippen molar-refractivity contribution >= 4 is 5.91 Å². The minimum atomic E-state index is -0.679. The van der Waals surface area contributed by atoms with Crippen LogP contribution >= 0.6 is 0 Å². The van der Waals surface area contributed by atoms with Gasteiger partial charge in [-0.05, 0) is 19.1 Å². The molecule has 132 valence electrons. The van der Waals surface area contributed by atoms with Gasteiger partial charge in [-0.3, -0.25) is 19.1 Å². The van der Waals surface area contributed by atoms with Crippen molar-refractivity contribution in [1.82, 2.24) is 14.9 Å². The molecule has 1 aromatic carbocycles. The first kappa shape index (κ1) is 17.1. The molecular weight excluding hydrogens is 326 g/mol. The summed E-state index contributed by atoms with van der Waals surface area (Å²) in [5.74, 6) is -0.279. The molecule has 0 spiro atoms. The lowest BCUT2D eigenvalue weighted by Crippen LogP contribution is -2.42. The Morgan fingerprint density at radius 3 is 2.76 bits per heavy atom. The number of nitrogens with one attached hydrogen (secondary N) is 2. The summed E-state index contributed by atoms with van der Waals surface area (Å²) in [5.41, 5.74) is -0.167. The van der Waals surface area contributed by atoms with E-state index in [1.54, 1.807) is 31.2 Å². The van der Waals surface area contributed by atoms with Crippen LogP contribution in [0.1, 0.15) is 28.6 Å². The van der Waals surface area contributed by atoms with Gasteiger partial charge in [0.2, 0.25) is 0 Å². The van der Waals surface area contributed by atoms with E-state index in [1.807, 2.05) is 6.07 Å². The molecule has 3 N–H and O–H groups in total. The minimum absolute atomic E-state index is 0.279. The third-order valence-corrected chi connectivity index (χ3v) is 4.22. The zero-order valence-electron chi connectivity index (χ0n) is 13.6. The number of hydrogen-bond donors (Lipinski definition) is 3. The predicted molar refractivity (Wildman–Crippen MR) is 89.4 cm³/mol. The van der Waals surface area contributed by atoms with E-state index in [-0.39, 0.29) is 12.5 Å². The molecule has 1 aromatic heterocycles. The van der Waals surface area contributed by atoms with Crippen LogP contribution in [0.4, 0.5) is 0 Å². The van der Waals surface area contributed by atoms with E-state index >= 15 is 0 Å². The van der Waals surface area contributed by atoms with Gasteiger partial charge in [-0.15, -0.1) is 0 Å². The van der Waals surface area contributed by atoms with Crippen molar-refractivity contribution < 1.29 is 14.6 Å². The molecule has 1 saturated heterocycles. The Morgan fingerprint density at radius 1 is 1.36 bits per heavy atom. The van der Waals surface area contributed by atoms with Crippen molar-refractivity contribution in [3.05, 3.63) is 68.5 Å². The van der Waals surface area contributed by atoms with E-state index in [1.165, 1.54) is 10.8 Å². The second-order valence-electron chi connectivity index (χ2n) is 5.97. The Hall–Kier alpha value is -2.71. The zero-order chi connectivity index (χ0) is 18.0. The largest absolute Gasteiger partial charge is 0.394 e. The van der Waals surface area contributed by atoms with Gasteiger partial charge in [-0.2, -0.15) is 0 Å². The lowest BCUT2D eigenvalue weighted by atomic mass is 10.1. The topological polar surface area (TPSA) is 113 Å². The number of benzene rings is 1. The van der Waals surface area contributed by atoms with Crippen LogP contribution in [0.5, 0.6) is 0 Å². The average molecular weight is 345 g/mol. The van der Waals surface area contributed by atoms with Crippen LogP contribution in [0.25, 0.3) is 0 Å². The number of carbonyl (C=O) groups excluding carboxylic acids is 1. The van der Waals surface area contributed by atoms with Crippen LogP contribution in [-0.2, 0) is 4.74 Å². The number of carbonyl (C=O) groups is 1.